The molecule has 0 aromatic heterocycles. The predicted octanol–water partition coefficient (Wildman–Crippen LogP) is 3.19. The van der Waals surface area contributed by atoms with Crippen molar-refractivity contribution in [1.82, 2.24) is 0 Å². The second-order valence-electron chi connectivity index (χ2n) is 4.02. The highest BCUT2D eigenvalue weighted by molar-refractivity contribution is 5.37. The van der Waals surface area contributed by atoms with E-state index in [0.29, 0.717) is 0 Å². The average molecular weight is 207 g/mol. The van der Waals surface area contributed by atoms with Crippen molar-refractivity contribution >= 4 is 0 Å². The van der Waals surface area contributed by atoms with Crippen LogP contribution in [0.3, 0.4) is 0 Å². The molecule has 2 N–H and O–H groups in total. The number of hydrogen-bond donors (Lipinski definition) is 1. The monoisotopic (exact) mass is 207 g/mol. The number of benzene rings is 1. The summed E-state index contributed by atoms with van der Waals surface area (Å²) in [5.41, 5.74) is 8.14. The quantitative estimate of drug-likeness (QED) is 0.752. The minimum Gasteiger partial charge on any atom is -0.493 e. The fraction of sp³-hybridized carbons (Fsp3) is 0.538. The second kappa shape index (κ2) is 5.76. The first kappa shape index (κ1) is 12.1. The largest absolute Gasteiger partial charge is 0.493 e. The summed E-state index contributed by atoms with van der Waals surface area (Å²) in [7, 11) is 0. The molecule has 0 amide bonds. The number of unbranched alkanes of at least 4 members (excludes halogenated alkanes) is 1. The maximum absolute atomic E-state index is 5.81. The van der Waals surface area contributed by atoms with Crippen molar-refractivity contribution in [3.8, 4) is 5.75 Å². The van der Waals surface area contributed by atoms with Crippen LogP contribution in [0.15, 0.2) is 18.2 Å². The van der Waals surface area contributed by atoms with Gasteiger partial charge in [-0.3, -0.25) is 0 Å². The van der Waals surface area contributed by atoms with Crippen molar-refractivity contribution in [1.29, 1.82) is 0 Å². The van der Waals surface area contributed by atoms with Gasteiger partial charge < -0.3 is 10.5 Å². The number of nitrogens with two attached hydrogens (primary N) is 1. The molecule has 84 valence electrons. The zero-order valence-corrected chi connectivity index (χ0v) is 9.92. The summed E-state index contributed by atoms with van der Waals surface area (Å²) in [4.78, 5) is 0. The van der Waals surface area contributed by atoms with Crippen LogP contribution in [0.2, 0.25) is 0 Å². The van der Waals surface area contributed by atoms with E-state index in [9.17, 15) is 0 Å². The Morgan fingerprint density at radius 3 is 2.67 bits per heavy atom. The van der Waals surface area contributed by atoms with Crippen LogP contribution in [0.4, 0.5) is 0 Å². The lowest BCUT2D eigenvalue weighted by Gasteiger charge is -2.11. The van der Waals surface area contributed by atoms with E-state index in [1.54, 1.807) is 0 Å². The number of rotatable bonds is 5. The average Bonchev–Trinajstić information content (AvgIpc) is 2.20. The molecule has 2 heteroatoms. The lowest BCUT2D eigenvalue weighted by molar-refractivity contribution is 0.307. The zero-order chi connectivity index (χ0) is 11.3. The van der Waals surface area contributed by atoms with Gasteiger partial charge in [0.1, 0.15) is 5.75 Å². The van der Waals surface area contributed by atoms with Gasteiger partial charge in [0, 0.05) is 6.04 Å². The van der Waals surface area contributed by atoms with Gasteiger partial charge in [-0.2, -0.15) is 0 Å². The van der Waals surface area contributed by atoms with Crippen LogP contribution >= 0.6 is 0 Å². The fourth-order valence-corrected chi connectivity index (χ4v) is 1.44. The fourth-order valence-electron chi connectivity index (χ4n) is 1.44. The highest BCUT2D eigenvalue weighted by Gasteiger charge is 2.03. The molecule has 0 heterocycles. The molecule has 1 rings (SSSR count). The van der Waals surface area contributed by atoms with Crippen molar-refractivity contribution < 1.29 is 4.74 Å². The normalized spacial score (nSPS) is 12.5. The molecule has 0 aliphatic carbocycles. The van der Waals surface area contributed by atoms with E-state index in [2.05, 4.69) is 19.9 Å². The number of aryl methyl sites for hydroxylation is 1. The van der Waals surface area contributed by atoms with E-state index in [1.807, 2.05) is 19.1 Å². The lowest BCUT2D eigenvalue weighted by atomic mass is 10.1. The molecule has 0 aliphatic heterocycles. The van der Waals surface area contributed by atoms with Crippen LogP contribution < -0.4 is 10.5 Å². The number of ether oxygens (including phenoxy) is 1. The predicted molar refractivity (Wildman–Crippen MR) is 64.2 cm³/mol. The molecule has 0 saturated heterocycles. The van der Waals surface area contributed by atoms with Crippen molar-refractivity contribution in [2.45, 2.75) is 39.7 Å². The minimum absolute atomic E-state index is 0.0911. The van der Waals surface area contributed by atoms with Gasteiger partial charge in [0.25, 0.3) is 0 Å². The third kappa shape index (κ3) is 3.56. The Labute approximate surface area is 92.4 Å². The summed E-state index contributed by atoms with van der Waals surface area (Å²) < 4.78 is 5.67. The SMILES string of the molecule is CCCCOc1ccc([C@H](C)N)cc1C. The summed E-state index contributed by atoms with van der Waals surface area (Å²) in [6.45, 7) is 7.02. The third-order valence-electron chi connectivity index (χ3n) is 2.48. The summed E-state index contributed by atoms with van der Waals surface area (Å²) in [5, 5.41) is 0. The molecule has 0 saturated carbocycles. The van der Waals surface area contributed by atoms with Gasteiger partial charge in [-0.15, -0.1) is 0 Å². The number of hydrogen-bond acceptors (Lipinski definition) is 2. The molecule has 2 nitrogen and oxygen atoms in total. The maximum Gasteiger partial charge on any atom is 0.122 e. The summed E-state index contributed by atoms with van der Waals surface area (Å²) >= 11 is 0. The Morgan fingerprint density at radius 1 is 1.40 bits per heavy atom. The molecule has 0 fully saturated rings. The van der Waals surface area contributed by atoms with Gasteiger partial charge in [-0.1, -0.05) is 25.5 Å². The molecular weight excluding hydrogens is 186 g/mol. The highest BCUT2D eigenvalue weighted by Crippen LogP contribution is 2.21. The lowest BCUT2D eigenvalue weighted by Crippen LogP contribution is -2.05. The van der Waals surface area contributed by atoms with E-state index in [1.165, 1.54) is 5.56 Å². The molecule has 1 aromatic carbocycles. The smallest absolute Gasteiger partial charge is 0.122 e. The van der Waals surface area contributed by atoms with Gasteiger partial charge in [-0.05, 0) is 37.5 Å². The van der Waals surface area contributed by atoms with Crippen LogP contribution in [-0.2, 0) is 0 Å². The first-order valence-electron chi connectivity index (χ1n) is 5.64. The summed E-state index contributed by atoms with van der Waals surface area (Å²) in [5.74, 6) is 0.979. The molecule has 1 aromatic rings. The molecule has 1 atom stereocenters. The molecule has 0 spiro atoms. The molecule has 15 heavy (non-hydrogen) atoms. The maximum atomic E-state index is 5.81. The van der Waals surface area contributed by atoms with Gasteiger partial charge in [0.05, 0.1) is 6.61 Å². The third-order valence-corrected chi connectivity index (χ3v) is 2.48. The highest BCUT2D eigenvalue weighted by atomic mass is 16.5. The molecule has 0 aliphatic rings. The van der Waals surface area contributed by atoms with E-state index < -0.39 is 0 Å². The Balaban J connectivity index is 2.66. The minimum atomic E-state index is 0.0911. The van der Waals surface area contributed by atoms with Gasteiger partial charge in [0.15, 0.2) is 0 Å². The summed E-state index contributed by atoms with van der Waals surface area (Å²) in [6, 6.07) is 6.25. The van der Waals surface area contributed by atoms with Gasteiger partial charge >= 0.3 is 0 Å². The first-order chi connectivity index (χ1) is 7.15. The van der Waals surface area contributed by atoms with Crippen LogP contribution in [0.25, 0.3) is 0 Å². The zero-order valence-electron chi connectivity index (χ0n) is 9.92. The van der Waals surface area contributed by atoms with Crippen molar-refractivity contribution in [3.63, 3.8) is 0 Å². The van der Waals surface area contributed by atoms with Crippen LogP contribution in [0.5, 0.6) is 5.75 Å². The molecule has 0 bridgehead atoms. The van der Waals surface area contributed by atoms with E-state index in [4.69, 9.17) is 10.5 Å². The van der Waals surface area contributed by atoms with Crippen LogP contribution in [0, 0.1) is 6.92 Å². The van der Waals surface area contributed by atoms with Crippen molar-refractivity contribution in [3.05, 3.63) is 29.3 Å². The van der Waals surface area contributed by atoms with Crippen LogP contribution in [0.1, 0.15) is 43.9 Å². The topological polar surface area (TPSA) is 35.2 Å². The van der Waals surface area contributed by atoms with Gasteiger partial charge in [0.2, 0.25) is 0 Å². The van der Waals surface area contributed by atoms with E-state index in [-0.39, 0.29) is 6.04 Å². The Kier molecular flexibility index (Phi) is 4.63. The van der Waals surface area contributed by atoms with Crippen molar-refractivity contribution in [2.24, 2.45) is 5.73 Å². The van der Waals surface area contributed by atoms with Gasteiger partial charge in [-0.25, -0.2) is 0 Å². The van der Waals surface area contributed by atoms with E-state index >= 15 is 0 Å². The Bertz CT molecular complexity index is 307. The molecule has 0 radical (unpaired) electrons. The van der Waals surface area contributed by atoms with E-state index in [0.717, 1.165) is 30.8 Å². The van der Waals surface area contributed by atoms with Crippen molar-refractivity contribution in [2.75, 3.05) is 6.61 Å². The Morgan fingerprint density at radius 2 is 2.13 bits per heavy atom. The van der Waals surface area contributed by atoms with Crippen LogP contribution in [-0.4, -0.2) is 6.61 Å². The first-order valence-corrected chi connectivity index (χ1v) is 5.64. The molecular formula is C13H21NO. The summed E-state index contributed by atoms with van der Waals surface area (Å²) in [6.07, 6.45) is 2.27. The Hall–Kier alpha value is -1.02. The standard InChI is InChI=1S/C13H21NO/c1-4-5-8-15-13-7-6-12(11(3)14)9-10(13)2/h6-7,9,11H,4-5,8,14H2,1-3H3/t11-/m0/s1. The second-order valence-corrected chi connectivity index (χ2v) is 4.02. The molecule has 0 unspecified atom stereocenters.